The monoisotopic (exact) mass is 478 g/mol. The van der Waals surface area contributed by atoms with Gasteiger partial charge in [-0.2, -0.15) is 8.78 Å². The minimum Gasteiger partial charge on any atom is -0.349 e. The minimum absolute atomic E-state index is 0.0332. The molecule has 8 atom stereocenters. The number of halogens is 2. The number of carbonyl (C=O) groups is 2. The van der Waals surface area contributed by atoms with Gasteiger partial charge in [-0.25, -0.2) is 0 Å². The average Bonchev–Trinajstić information content (AvgIpc) is 3.14. The molecule has 4 aliphatic rings. The summed E-state index contributed by atoms with van der Waals surface area (Å²) in [6, 6.07) is -0.280. The quantitative estimate of drug-likeness (QED) is 0.486. The molecular weight excluding hydrogens is 434 g/mol. The molecule has 192 valence electrons. The lowest BCUT2D eigenvalue weighted by Gasteiger charge is -2.61. The molecule has 0 aromatic heterocycles. The molecule has 3 aliphatic carbocycles. The van der Waals surface area contributed by atoms with E-state index in [-0.39, 0.29) is 34.1 Å². The van der Waals surface area contributed by atoms with Crippen molar-refractivity contribution in [3.05, 3.63) is 11.7 Å². The smallest absolute Gasteiger partial charge is 0.271 e. The zero-order chi connectivity index (χ0) is 24.8. The van der Waals surface area contributed by atoms with Gasteiger partial charge < -0.3 is 10.2 Å². The largest absolute Gasteiger partial charge is 0.349 e. The summed E-state index contributed by atoms with van der Waals surface area (Å²) < 4.78 is 27.1. The van der Waals surface area contributed by atoms with Gasteiger partial charge in [0.25, 0.3) is 6.08 Å². The highest BCUT2D eigenvalue weighted by atomic mass is 19.3. The van der Waals surface area contributed by atoms with E-state index in [0.717, 1.165) is 51.4 Å². The van der Waals surface area contributed by atoms with E-state index in [0.29, 0.717) is 43.1 Å². The molecule has 0 radical (unpaired) electrons. The van der Waals surface area contributed by atoms with Gasteiger partial charge in [0.2, 0.25) is 11.8 Å². The number of unbranched alkanes of at least 4 members (excludes halogenated alkanes) is 1. The zero-order valence-corrected chi connectivity index (χ0v) is 21.8. The third-order valence-electron chi connectivity index (χ3n) is 10.8. The SMILES string of the molecule is CCCCC(=C(F)F)C(C)NC(=O)C1CC[C@H]2[C@@H]3CCC4N(C)C(=O)CC[C@]4(C)[C@@H]3CC[C@]12C. The van der Waals surface area contributed by atoms with Crippen molar-refractivity contribution in [2.24, 2.45) is 34.5 Å². The number of hydrogen-bond donors (Lipinski definition) is 1. The van der Waals surface area contributed by atoms with Crippen LogP contribution in [0.5, 0.6) is 0 Å². The normalized spacial score (nSPS) is 40.1. The van der Waals surface area contributed by atoms with Gasteiger partial charge in [-0.05, 0) is 93.3 Å². The van der Waals surface area contributed by atoms with E-state index in [1.807, 2.05) is 18.9 Å². The van der Waals surface area contributed by atoms with Gasteiger partial charge in [0.1, 0.15) is 0 Å². The highest BCUT2D eigenvalue weighted by Gasteiger charge is 2.62. The van der Waals surface area contributed by atoms with Gasteiger partial charge in [-0.1, -0.05) is 27.2 Å². The third kappa shape index (κ3) is 4.11. The van der Waals surface area contributed by atoms with E-state index in [1.54, 1.807) is 6.92 Å². The molecule has 4 rings (SSSR count). The second kappa shape index (κ2) is 9.54. The first-order valence-electron chi connectivity index (χ1n) is 13.6. The molecule has 3 unspecified atom stereocenters. The Morgan fingerprint density at radius 3 is 2.47 bits per heavy atom. The molecule has 0 bridgehead atoms. The van der Waals surface area contributed by atoms with Crippen molar-refractivity contribution >= 4 is 11.8 Å². The maximum absolute atomic E-state index is 13.6. The van der Waals surface area contributed by atoms with Crippen molar-refractivity contribution in [3.63, 3.8) is 0 Å². The van der Waals surface area contributed by atoms with Gasteiger partial charge >= 0.3 is 0 Å². The lowest BCUT2D eigenvalue weighted by atomic mass is 9.47. The van der Waals surface area contributed by atoms with Crippen LogP contribution in [0.3, 0.4) is 0 Å². The van der Waals surface area contributed by atoms with Gasteiger partial charge in [-0.3, -0.25) is 9.59 Å². The topological polar surface area (TPSA) is 49.4 Å². The predicted octanol–water partition coefficient (Wildman–Crippen LogP) is 6.31. The Kier molecular flexibility index (Phi) is 7.19. The van der Waals surface area contributed by atoms with Crippen LogP contribution in [-0.2, 0) is 9.59 Å². The fourth-order valence-electron chi connectivity index (χ4n) is 8.82. The van der Waals surface area contributed by atoms with E-state index < -0.39 is 12.1 Å². The summed E-state index contributed by atoms with van der Waals surface area (Å²) in [5.74, 6) is 1.85. The number of nitrogens with one attached hydrogen (secondary N) is 1. The molecule has 0 aromatic rings. The van der Waals surface area contributed by atoms with Crippen LogP contribution in [0.1, 0.15) is 98.3 Å². The van der Waals surface area contributed by atoms with E-state index >= 15 is 0 Å². The number of carbonyl (C=O) groups excluding carboxylic acids is 2. The van der Waals surface area contributed by atoms with E-state index in [2.05, 4.69) is 19.2 Å². The number of hydrogen-bond acceptors (Lipinski definition) is 2. The molecule has 0 aromatic carbocycles. The van der Waals surface area contributed by atoms with Crippen molar-refractivity contribution in [3.8, 4) is 0 Å². The molecule has 4 fully saturated rings. The van der Waals surface area contributed by atoms with Crippen LogP contribution in [-0.4, -0.2) is 35.8 Å². The number of likely N-dealkylation sites (tertiary alicyclic amines) is 1. The molecule has 1 saturated heterocycles. The van der Waals surface area contributed by atoms with Crippen LogP contribution in [0, 0.1) is 34.5 Å². The average molecular weight is 479 g/mol. The number of fused-ring (bicyclic) bond motifs is 5. The Hall–Kier alpha value is -1.46. The van der Waals surface area contributed by atoms with Gasteiger partial charge in [-0.15, -0.1) is 0 Å². The molecule has 1 N–H and O–H groups in total. The second-order valence-corrected chi connectivity index (χ2v) is 12.3. The minimum atomic E-state index is -1.64. The number of rotatable bonds is 6. The lowest BCUT2D eigenvalue weighted by molar-refractivity contribution is -0.159. The van der Waals surface area contributed by atoms with Crippen LogP contribution < -0.4 is 5.32 Å². The van der Waals surface area contributed by atoms with Crippen LogP contribution >= 0.6 is 0 Å². The summed E-state index contributed by atoms with van der Waals surface area (Å²) >= 11 is 0. The summed E-state index contributed by atoms with van der Waals surface area (Å²) in [6.45, 7) is 8.40. The summed E-state index contributed by atoms with van der Waals surface area (Å²) in [4.78, 5) is 27.8. The third-order valence-corrected chi connectivity index (χ3v) is 10.8. The van der Waals surface area contributed by atoms with Crippen molar-refractivity contribution in [1.82, 2.24) is 10.2 Å². The zero-order valence-electron chi connectivity index (χ0n) is 21.8. The number of amides is 2. The summed E-state index contributed by atoms with van der Waals surface area (Å²) in [6.07, 6.45) is 8.10. The maximum Gasteiger partial charge on any atom is 0.271 e. The van der Waals surface area contributed by atoms with Gasteiger partial charge in [0.05, 0.1) is 6.04 Å². The Morgan fingerprint density at radius 1 is 1.09 bits per heavy atom. The van der Waals surface area contributed by atoms with E-state index in [4.69, 9.17) is 0 Å². The molecule has 6 heteroatoms. The van der Waals surface area contributed by atoms with Crippen molar-refractivity contribution < 1.29 is 18.4 Å². The summed E-state index contributed by atoms with van der Waals surface area (Å²) in [5, 5.41) is 2.98. The number of nitrogens with zero attached hydrogens (tertiary/aromatic N) is 1. The highest BCUT2D eigenvalue weighted by molar-refractivity contribution is 5.80. The molecule has 3 saturated carbocycles. The summed E-state index contributed by atoms with van der Waals surface area (Å²) in [5.41, 5.74) is 0.187. The molecule has 1 aliphatic heterocycles. The Bertz CT molecular complexity index is 840. The molecule has 0 spiro atoms. The van der Waals surface area contributed by atoms with Crippen molar-refractivity contribution in [1.29, 1.82) is 0 Å². The fraction of sp³-hybridized carbons (Fsp3) is 0.857. The standard InChI is InChI=1S/C28H44F2N2O2/c1-6-7-8-18(25(29)30)17(2)31-26(34)22-11-10-20-19-9-12-23-28(4,16-14-24(33)32(23)5)21(19)13-15-27(20,22)3/h17,19-23H,6-16H2,1-5H3,(H,31,34)/t17?,19-,20-,21+,22?,23?,27-,28+/m0/s1. The lowest BCUT2D eigenvalue weighted by Crippen LogP contribution is -2.61. The molecule has 34 heavy (non-hydrogen) atoms. The Labute approximate surface area is 204 Å². The van der Waals surface area contributed by atoms with Crippen LogP contribution in [0.4, 0.5) is 8.78 Å². The number of piperidine rings is 1. The first-order valence-corrected chi connectivity index (χ1v) is 13.6. The van der Waals surface area contributed by atoms with Crippen molar-refractivity contribution in [2.45, 2.75) is 110 Å². The highest BCUT2D eigenvalue weighted by Crippen LogP contribution is 2.66. The fourth-order valence-corrected chi connectivity index (χ4v) is 8.82. The van der Waals surface area contributed by atoms with Crippen molar-refractivity contribution in [2.75, 3.05) is 7.05 Å². The second-order valence-electron chi connectivity index (χ2n) is 12.3. The van der Waals surface area contributed by atoms with Gasteiger partial charge in [0.15, 0.2) is 0 Å². The first kappa shape index (κ1) is 25.6. The van der Waals surface area contributed by atoms with Gasteiger partial charge in [0, 0.05) is 31.0 Å². The molecule has 4 nitrogen and oxygen atoms in total. The van der Waals surface area contributed by atoms with Crippen LogP contribution in [0.25, 0.3) is 0 Å². The Morgan fingerprint density at radius 2 is 1.79 bits per heavy atom. The molecule has 2 amide bonds. The van der Waals surface area contributed by atoms with Crippen LogP contribution in [0.2, 0.25) is 0 Å². The first-order chi connectivity index (χ1) is 16.0. The van der Waals surface area contributed by atoms with Crippen LogP contribution in [0.15, 0.2) is 11.7 Å². The Balaban J connectivity index is 1.48. The molecule has 1 heterocycles. The predicted molar refractivity (Wildman–Crippen MR) is 130 cm³/mol. The molecular formula is C28H44F2N2O2. The summed E-state index contributed by atoms with van der Waals surface area (Å²) in [7, 11) is 1.98. The van der Waals surface area contributed by atoms with E-state index in [9.17, 15) is 18.4 Å². The van der Waals surface area contributed by atoms with E-state index in [1.165, 1.54) is 0 Å². The maximum atomic E-state index is 13.6.